The second-order valence-corrected chi connectivity index (χ2v) is 9.46. The Labute approximate surface area is 185 Å². The topological polar surface area (TPSA) is 63.7 Å². The fourth-order valence-electron chi connectivity index (χ4n) is 4.40. The molecule has 2 aromatic rings. The van der Waals surface area contributed by atoms with E-state index in [1.165, 1.54) is 23.9 Å². The molecular formula is C24H24FNO4S. The fourth-order valence-corrected chi connectivity index (χ4v) is 6.04. The van der Waals surface area contributed by atoms with Crippen LogP contribution in [0, 0.1) is 26.6 Å². The second-order valence-electron chi connectivity index (χ2n) is 8.16. The first-order valence-electron chi connectivity index (χ1n) is 10.2. The lowest BCUT2D eigenvalue weighted by Crippen LogP contribution is -2.47. The molecule has 4 rings (SSSR count). The van der Waals surface area contributed by atoms with E-state index in [1.807, 2.05) is 32.9 Å². The Bertz CT molecular complexity index is 1070. The molecule has 2 aromatic carbocycles. The van der Waals surface area contributed by atoms with Gasteiger partial charge in [0.05, 0.1) is 0 Å². The van der Waals surface area contributed by atoms with Gasteiger partial charge in [-0.1, -0.05) is 18.2 Å². The summed E-state index contributed by atoms with van der Waals surface area (Å²) in [6.45, 7) is 5.40. The molecule has 0 aliphatic carbocycles. The van der Waals surface area contributed by atoms with Crippen LogP contribution in [0.4, 0.5) is 4.39 Å². The summed E-state index contributed by atoms with van der Waals surface area (Å²) in [6.07, 6.45) is 0.863. The van der Waals surface area contributed by atoms with E-state index < -0.39 is 16.9 Å². The number of hydrogen-bond acceptors (Lipinski definition) is 5. The number of halogens is 1. The summed E-state index contributed by atoms with van der Waals surface area (Å²) >= 11 is 1.49. The maximum Gasteiger partial charge on any atom is 0.330 e. The molecule has 0 spiro atoms. The Morgan fingerprint density at radius 2 is 1.81 bits per heavy atom. The number of ether oxygens (including phenoxy) is 1. The molecule has 2 aliphatic heterocycles. The molecule has 0 saturated carbocycles. The fraction of sp³-hybridized carbons (Fsp3) is 0.375. The van der Waals surface area contributed by atoms with Crippen molar-refractivity contribution >= 4 is 29.4 Å². The highest BCUT2D eigenvalue weighted by Crippen LogP contribution is 2.54. The maximum atomic E-state index is 13.4. The smallest absolute Gasteiger partial charge is 0.330 e. The molecule has 0 unspecified atom stereocenters. The van der Waals surface area contributed by atoms with Crippen LogP contribution in [0.2, 0.25) is 0 Å². The monoisotopic (exact) mass is 441 g/mol. The van der Waals surface area contributed by atoms with Crippen molar-refractivity contribution in [3.63, 3.8) is 0 Å². The number of rotatable bonds is 5. The molecule has 2 heterocycles. The van der Waals surface area contributed by atoms with Crippen molar-refractivity contribution < 1.29 is 23.5 Å². The molecule has 2 saturated heterocycles. The molecule has 2 aliphatic rings. The summed E-state index contributed by atoms with van der Waals surface area (Å²) in [4.78, 5) is 39.1. The lowest BCUT2D eigenvalue weighted by molar-refractivity contribution is -0.152. The highest BCUT2D eigenvalue weighted by atomic mass is 32.2. The number of aryl methyl sites for hydroxylation is 3. The Morgan fingerprint density at radius 1 is 1.13 bits per heavy atom. The van der Waals surface area contributed by atoms with Gasteiger partial charge in [-0.2, -0.15) is 0 Å². The van der Waals surface area contributed by atoms with Crippen molar-refractivity contribution in [1.82, 2.24) is 4.90 Å². The minimum absolute atomic E-state index is 0.132. The van der Waals surface area contributed by atoms with E-state index in [2.05, 4.69) is 0 Å². The highest BCUT2D eigenvalue weighted by molar-refractivity contribution is 8.00. The van der Waals surface area contributed by atoms with E-state index in [4.69, 9.17) is 4.74 Å². The van der Waals surface area contributed by atoms with Crippen LogP contribution < -0.4 is 0 Å². The second kappa shape index (κ2) is 8.11. The van der Waals surface area contributed by atoms with Crippen molar-refractivity contribution in [1.29, 1.82) is 0 Å². The summed E-state index contributed by atoms with van der Waals surface area (Å²) in [6, 6.07) is 9.04. The van der Waals surface area contributed by atoms with E-state index in [0.717, 1.165) is 22.3 Å². The molecule has 0 bridgehead atoms. The minimum atomic E-state index is -0.765. The lowest BCUT2D eigenvalue weighted by Gasteiger charge is -2.33. The number of carbonyl (C=O) groups is 3. The highest BCUT2D eigenvalue weighted by Gasteiger charge is 2.57. The quantitative estimate of drug-likeness (QED) is 0.517. The summed E-state index contributed by atoms with van der Waals surface area (Å²) in [5, 5.41) is 0. The third kappa shape index (κ3) is 3.76. The molecule has 0 N–H and O–H groups in total. The van der Waals surface area contributed by atoms with Crippen LogP contribution >= 0.6 is 11.8 Å². The van der Waals surface area contributed by atoms with Gasteiger partial charge >= 0.3 is 5.97 Å². The third-order valence-corrected chi connectivity index (χ3v) is 7.78. The van der Waals surface area contributed by atoms with Crippen molar-refractivity contribution in [2.75, 3.05) is 12.4 Å². The van der Waals surface area contributed by atoms with Crippen molar-refractivity contribution in [3.05, 3.63) is 70.0 Å². The number of benzene rings is 2. The van der Waals surface area contributed by atoms with Gasteiger partial charge in [0, 0.05) is 17.7 Å². The summed E-state index contributed by atoms with van der Waals surface area (Å²) in [7, 11) is 0. The standard InChI is InChI=1S/C24H24FNO4S/c1-14-10-16(3)19(11-15(14)2)21(27)12-30-23(29)20-13-31-24(9-8-22(28)26(20)24)17-4-6-18(25)7-5-17/h4-7,10-11,20H,8-9,12-13H2,1-3H3/t20-,24+/m1/s1. The number of Topliss-reactive ketones (excluding diaryl/α,β-unsaturated/α-hetero) is 1. The number of amides is 1. The molecule has 5 nitrogen and oxygen atoms in total. The largest absolute Gasteiger partial charge is 0.456 e. The predicted octanol–water partition coefficient (Wildman–Crippen LogP) is 4.07. The van der Waals surface area contributed by atoms with Crippen molar-refractivity contribution in [2.45, 2.75) is 44.5 Å². The van der Waals surface area contributed by atoms with Crippen LogP contribution in [0.25, 0.3) is 0 Å². The molecule has 2 fully saturated rings. The van der Waals surface area contributed by atoms with Crippen molar-refractivity contribution in [3.8, 4) is 0 Å². The van der Waals surface area contributed by atoms with Gasteiger partial charge in [0.15, 0.2) is 6.61 Å². The van der Waals surface area contributed by atoms with E-state index in [1.54, 1.807) is 17.0 Å². The zero-order valence-corrected chi connectivity index (χ0v) is 18.6. The minimum Gasteiger partial charge on any atom is -0.456 e. The number of carbonyl (C=O) groups excluding carboxylic acids is 3. The SMILES string of the molecule is Cc1cc(C)c(C(=O)COC(=O)[C@H]2CS[C@]3(c4ccc(F)cc4)CCC(=O)N23)cc1C. The summed E-state index contributed by atoms with van der Waals surface area (Å²) in [5.41, 5.74) is 4.26. The van der Waals surface area contributed by atoms with Gasteiger partial charge in [-0.15, -0.1) is 11.8 Å². The molecule has 0 aromatic heterocycles. The average Bonchev–Trinajstić information content (AvgIpc) is 3.28. The van der Waals surface area contributed by atoms with E-state index in [9.17, 15) is 18.8 Å². The first kappa shape index (κ1) is 21.6. The molecule has 7 heteroatoms. The average molecular weight is 442 g/mol. The van der Waals surface area contributed by atoms with Gasteiger partial charge < -0.3 is 9.64 Å². The zero-order chi connectivity index (χ0) is 22.3. The van der Waals surface area contributed by atoms with E-state index >= 15 is 0 Å². The van der Waals surface area contributed by atoms with Gasteiger partial charge in [0.2, 0.25) is 11.7 Å². The van der Waals surface area contributed by atoms with Gasteiger partial charge in [-0.3, -0.25) is 9.59 Å². The molecule has 0 radical (unpaired) electrons. The van der Waals surface area contributed by atoms with Gasteiger partial charge in [0.1, 0.15) is 16.7 Å². The van der Waals surface area contributed by atoms with Gasteiger partial charge in [0.25, 0.3) is 0 Å². The van der Waals surface area contributed by atoms with E-state index in [-0.39, 0.29) is 24.1 Å². The van der Waals surface area contributed by atoms with Crippen LogP contribution in [-0.2, 0) is 19.2 Å². The van der Waals surface area contributed by atoms with Crippen LogP contribution in [0.3, 0.4) is 0 Å². The number of nitrogens with zero attached hydrogens (tertiary/aromatic N) is 1. The predicted molar refractivity (Wildman–Crippen MR) is 116 cm³/mol. The first-order chi connectivity index (χ1) is 14.7. The molecule has 2 atom stereocenters. The van der Waals surface area contributed by atoms with E-state index in [0.29, 0.717) is 24.2 Å². The normalized spacial score (nSPS) is 22.5. The summed E-state index contributed by atoms with van der Waals surface area (Å²) in [5.74, 6) is -0.958. The lowest BCUT2D eigenvalue weighted by atomic mass is 9.98. The van der Waals surface area contributed by atoms with Gasteiger partial charge in [-0.25, -0.2) is 9.18 Å². The third-order valence-electron chi connectivity index (χ3n) is 6.18. The Kier molecular flexibility index (Phi) is 5.64. The zero-order valence-electron chi connectivity index (χ0n) is 17.7. The molecule has 31 heavy (non-hydrogen) atoms. The number of esters is 1. The Balaban J connectivity index is 1.49. The summed E-state index contributed by atoms with van der Waals surface area (Å²) < 4.78 is 18.8. The number of fused-ring (bicyclic) bond motifs is 1. The number of ketones is 1. The van der Waals surface area contributed by atoms with Gasteiger partial charge in [-0.05, 0) is 67.6 Å². The molecule has 1 amide bonds. The van der Waals surface area contributed by atoms with Crippen LogP contribution in [0.5, 0.6) is 0 Å². The van der Waals surface area contributed by atoms with Crippen LogP contribution in [0.15, 0.2) is 36.4 Å². The van der Waals surface area contributed by atoms with Crippen LogP contribution in [-0.4, -0.2) is 41.0 Å². The molecular weight excluding hydrogens is 417 g/mol. The Morgan fingerprint density at radius 3 is 2.52 bits per heavy atom. The molecule has 162 valence electrons. The van der Waals surface area contributed by atoms with Crippen molar-refractivity contribution in [2.24, 2.45) is 0 Å². The maximum absolute atomic E-state index is 13.4. The first-order valence-corrected chi connectivity index (χ1v) is 11.2. The number of thioether (sulfide) groups is 1. The van der Waals surface area contributed by atoms with Crippen LogP contribution in [0.1, 0.15) is 45.5 Å². The Hall–Kier alpha value is -2.67. The number of hydrogen-bond donors (Lipinski definition) is 0.